The van der Waals surface area contributed by atoms with E-state index in [1.54, 1.807) is 6.92 Å². The third-order valence-corrected chi connectivity index (χ3v) is 2.83. The van der Waals surface area contributed by atoms with Crippen LogP contribution in [0.5, 0.6) is 0 Å². The van der Waals surface area contributed by atoms with Gasteiger partial charge < -0.3 is 9.84 Å². The van der Waals surface area contributed by atoms with Gasteiger partial charge in [0.1, 0.15) is 0 Å². The molecule has 112 valence electrons. The van der Waals surface area contributed by atoms with E-state index in [2.05, 4.69) is 10.5 Å². The number of hydrogen-bond acceptors (Lipinski definition) is 3. The third kappa shape index (κ3) is 4.08. The minimum absolute atomic E-state index is 0.111. The van der Waals surface area contributed by atoms with Gasteiger partial charge in [-0.1, -0.05) is 17.3 Å². The van der Waals surface area contributed by atoms with Crippen molar-refractivity contribution in [1.29, 1.82) is 0 Å². The van der Waals surface area contributed by atoms with Gasteiger partial charge in [-0.15, -0.1) is 0 Å². The minimum Gasteiger partial charge on any atom is -0.351 e. The molecular formula is C14H13F3N2O2. The number of carbonyl (C=O) groups excluding carboxylic acids is 1. The number of amides is 1. The number of benzene rings is 1. The van der Waals surface area contributed by atoms with Gasteiger partial charge in [-0.3, -0.25) is 4.79 Å². The molecular weight excluding hydrogens is 285 g/mol. The number of hydrogen-bond donors (Lipinski definition) is 1. The van der Waals surface area contributed by atoms with Crippen molar-refractivity contribution in [3.8, 4) is 0 Å². The van der Waals surface area contributed by atoms with Crippen molar-refractivity contribution >= 4 is 5.91 Å². The van der Waals surface area contributed by atoms with Crippen molar-refractivity contribution in [2.75, 3.05) is 6.54 Å². The van der Waals surface area contributed by atoms with Crippen molar-refractivity contribution in [3.63, 3.8) is 0 Å². The molecule has 1 amide bonds. The number of aromatic nitrogens is 1. The van der Waals surface area contributed by atoms with E-state index in [1.165, 1.54) is 18.2 Å². The van der Waals surface area contributed by atoms with E-state index in [4.69, 9.17) is 4.52 Å². The maximum atomic E-state index is 12.4. The lowest BCUT2D eigenvalue weighted by atomic mass is 10.1. The minimum atomic E-state index is -4.34. The Morgan fingerprint density at radius 1 is 1.29 bits per heavy atom. The number of carbonyl (C=O) groups is 1. The molecule has 2 rings (SSSR count). The quantitative estimate of drug-likeness (QED) is 0.944. The van der Waals surface area contributed by atoms with Crippen LogP contribution in [-0.4, -0.2) is 17.6 Å². The Morgan fingerprint density at radius 2 is 1.95 bits per heavy atom. The molecule has 1 N–H and O–H groups in total. The number of aryl methyl sites for hydroxylation is 1. The van der Waals surface area contributed by atoms with Crippen molar-refractivity contribution in [2.24, 2.45) is 0 Å². The molecule has 0 fully saturated rings. The lowest BCUT2D eigenvalue weighted by molar-refractivity contribution is -0.137. The van der Waals surface area contributed by atoms with Crippen LogP contribution < -0.4 is 5.32 Å². The molecule has 0 aliphatic heterocycles. The van der Waals surface area contributed by atoms with Crippen molar-refractivity contribution in [3.05, 3.63) is 52.9 Å². The van der Waals surface area contributed by atoms with Crippen LogP contribution in [0.4, 0.5) is 13.2 Å². The monoisotopic (exact) mass is 298 g/mol. The summed E-state index contributed by atoms with van der Waals surface area (Å²) in [6.45, 7) is 1.99. The van der Waals surface area contributed by atoms with Crippen LogP contribution in [0.3, 0.4) is 0 Å². The predicted molar refractivity (Wildman–Crippen MR) is 68.7 cm³/mol. The third-order valence-electron chi connectivity index (χ3n) is 2.83. The Hall–Kier alpha value is -2.31. The lowest BCUT2D eigenvalue weighted by Gasteiger charge is -2.07. The molecule has 0 spiro atoms. The SMILES string of the molecule is Cc1cc(C(=O)NCCc2ccc(C(F)(F)F)cc2)on1. The zero-order valence-electron chi connectivity index (χ0n) is 11.2. The summed E-state index contributed by atoms with van der Waals surface area (Å²) in [5.41, 5.74) is 0.618. The molecule has 0 saturated heterocycles. The summed E-state index contributed by atoms with van der Waals surface area (Å²) in [6.07, 6.45) is -3.91. The highest BCUT2D eigenvalue weighted by Crippen LogP contribution is 2.29. The largest absolute Gasteiger partial charge is 0.416 e. The molecule has 0 bridgehead atoms. The number of nitrogens with one attached hydrogen (secondary N) is 1. The second-order valence-electron chi connectivity index (χ2n) is 4.53. The molecule has 1 aromatic heterocycles. The van der Waals surface area contributed by atoms with E-state index < -0.39 is 17.6 Å². The van der Waals surface area contributed by atoms with Gasteiger partial charge >= 0.3 is 6.18 Å². The van der Waals surface area contributed by atoms with E-state index in [9.17, 15) is 18.0 Å². The maximum absolute atomic E-state index is 12.4. The number of halogens is 3. The summed E-state index contributed by atoms with van der Waals surface area (Å²) in [6, 6.07) is 6.35. The van der Waals surface area contributed by atoms with Crippen LogP contribution in [0.25, 0.3) is 0 Å². The zero-order chi connectivity index (χ0) is 15.5. The summed E-state index contributed by atoms with van der Waals surface area (Å²) in [5, 5.41) is 6.20. The van der Waals surface area contributed by atoms with Crippen molar-refractivity contribution < 1.29 is 22.5 Å². The smallest absolute Gasteiger partial charge is 0.351 e. The van der Waals surface area contributed by atoms with Crippen molar-refractivity contribution in [1.82, 2.24) is 10.5 Å². The van der Waals surface area contributed by atoms with Crippen LogP contribution in [0, 0.1) is 6.92 Å². The standard InChI is InChI=1S/C14H13F3N2O2/c1-9-8-12(21-19-9)13(20)18-7-6-10-2-4-11(5-3-10)14(15,16)17/h2-5,8H,6-7H2,1H3,(H,18,20). The maximum Gasteiger partial charge on any atom is 0.416 e. The van der Waals surface area contributed by atoms with E-state index in [0.29, 0.717) is 24.2 Å². The summed E-state index contributed by atoms with van der Waals surface area (Å²) < 4.78 is 42.0. The summed E-state index contributed by atoms with van der Waals surface area (Å²) in [7, 11) is 0. The van der Waals surface area contributed by atoms with Crippen LogP contribution in [-0.2, 0) is 12.6 Å². The first-order chi connectivity index (χ1) is 9.86. The topological polar surface area (TPSA) is 55.1 Å². The van der Waals surface area contributed by atoms with E-state index >= 15 is 0 Å². The number of rotatable bonds is 4. The Bertz CT molecular complexity index is 618. The average molecular weight is 298 g/mol. The van der Waals surface area contributed by atoms with Gasteiger partial charge in [-0.25, -0.2) is 0 Å². The molecule has 0 atom stereocenters. The van der Waals surface area contributed by atoms with Crippen LogP contribution in [0.15, 0.2) is 34.9 Å². The Morgan fingerprint density at radius 3 is 2.48 bits per heavy atom. The molecule has 1 heterocycles. The highest BCUT2D eigenvalue weighted by molar-refractivity contribution is 5.91. The predicted octanol–water partition coefficient (Wildman–Crippen LogP) is 2.97. The second kappa shape index (κ2) is 5.99. The summed E-state index contributed by atoms with van der Waals surface area (Å²) in [5.74, 6) is -0.289. The first-order valence-corrected chi connectivity index (χ1v) is 6.24. The fourth-order valence-corrected chi connectivity index (χ4v) is 1.74. The fourth-order valence-electron chi connectivity index (χ4n) is 1.74. The molecule has 0 unspecified atom stereocenters. The van der Waals surface area contributed by atoms with Crippen LogP contribution >= 0.6 is 0 Å². The first kappa shape index (κ1) is 15.1. The van der Waals surface area contributed by atoms with Gasteiger partial charge in [0.2, 0.25) is 5.76 Å². The second-order valence-corrected chi connectivity index (χ2v) is 4.53. The van der Waals surface area contributed by atoms with Gasteiger partial charge in [0.15, 0.2) is 0 Å². The molecule has 2 aromatic rings. The number of alkyl halides is 3. The molecule has 7 heteroatoms. The molecule has 4 nitrogen and oxygen atoms in total. The lowest BCUT2D eigenvalue weighted by Crippen LogP contribution is -2.25. The van der Waals surface area contributed by atoms with Gasteiger partial charge in [0, 0.05) is 12.6 Å². The van der Waals surface area contributed by atoms with E-state index in [0.717, 1.165) is 12.1 Å². The molecule has 0 saturated carbocycles. The van der Waals surface area contributed by atoms with Crippen molar-refractivity contribution in [2.45, 2.75) is 19.5 Å². The van der Waals surface area contributed by atoms with Gasteiger partial charge in [0.25, 0.3) is 5.91 Å². The highest BCUT2D eigenvalue weighted by atomic mass is 19.4. The van der Waals surface area contributed by atoms with E-state index in [1.807, 2.05) is 0 Å². The molecule has 0 aliphatic carbocycles. The summed E-state index contributed by atoms with van der Waals surface area (Å²) >= 11 is 0. The fraction of sp³-hybridized carbons (Fsp3) is 0.286. The zero-order valence-corrected chi connectivity index (χ0v) is 11.2. The van der Waals surface area contributed by atoms with Crippen LogP contribution in [0.1, 0.15) is 27.4 Å². The molecule has 0 aliphatic rings. The highest BCUT2D eigenvalue weighted by Gasteiger charge is 2.29. The number of nitrogens with zero attached hydrogens (tertiary/aromatic N) is 1. The van der Waals surface area contributed by atoms with Gasteiger partial charge in [-0.05, 0) is 31.0 Å². The van der Waals surface area contributed by atoms with E-state index in [-0.39, 0.29) is 5.76 Å². The average Bonchev–Trinajstić information content (AvgIpc) is 2.85. The Labute approximate surface area is 118 Å². The van der Waals surface area contributed by atoms with Crippen LogP contribution in [0.2, 0.25) is 0 Å². The molecule has 1 aromatic carbocycles. The Balaban J connectivity index is 1.85. The molecule has 21 heavy (non-hydrogen) atoms. The van der Waals surface area contributed by atoms with Gasteiger partial charge in [0.05, 0.1) is 11.3 Å². The normalized spacial score (nSPS) is 11.4. The van der Waals surface area contributed by atoms with Gasteiger partial charge in [-0.2, -0.15) is 13.2 Å². The first-order valence-electron chi connectivity index (χ1n) is 6.24. The Kier molecular flexibility index (Phi) is 4.30. The summed E-state index contributed by atoms with van der Waals surface area (Å²) in [4.78, 5) is 11.6. The molecule has 0 radical (unpaired) electrons.